The molecule has 0 radical (unpaired) electrons. The summed E-state index contributed by atoms with van der Waals surface area (Å²) in [6, 6.07) is 10.7. The Kier molecular flexibility index (Phi) is 7.94. The zero-order chi connectivity index (χ0) is 24.9. The van der Waals surface area contributed by atoms with Crippen molar-refractivity contribution in [2.45, 2.75) is 57.1 Å². The smallest absolute Gasteiger partial charge is 0.329 e. The molecule has 1 saturated carbocycles. The van der Waals surface area contributed by atoms with E-state index in [1.54, 1.807) is 56.3 Å². The van der Waals surface area contributed by atoms with E-state index < -0.39 is 29.0 Å². The van der Waals surface area contributed by atoms with Crippen LogP contribution >= 0.6 is 23.2 Å². The lowest BCUT2D eigenvalue weighted by molar-refractivity contribution is -0.152. The van der Waals surface area contributed by atoms with Gasteiger partial charge in [0.05, 0.1) is 0 Å². The van der Waals surface area contributed by atoms with Gasteiger partial charge < -0.3 is 25.8 Å². The summed E-state index contributed by atoms with van der Waals surface area (Å²) in [6.45, 7) is 3.16. The highest BCUT2D eigenvalue weighted by molar-refractivity contribution is 6.35. The van der Waals surface area contributed by atoms with Crippen LogP contribution in [0.3, 0.4) is 0 Å². The number of urea groups is 1. The molecule has 0 bridgehead atoms. The Labute approximate surface area is 208 Å². The summed E-state index contributed by atoms with van der Waals surface area (Å²) < 4.78 is 5.85. The number of hydrogen-bond donors (Lipinski definition) is 4. The summed E-state index contributed by atoms with van der Waals surface area (Å²) in [6.07, 6.45) is 3.25. The van der Waals surface area contributed by atoms with Crippen LogP contribution in [0.15, 0.2) is 42.5 Å². The Morgan fingerprint density at radius 1 is 0.912 bits per heavy atom. The molecule has 1 fully saturated rings. The van der Waals surface area contributed by atoms with Gasteiger partial charge in [-0.05, 0) is 69.2 Å². The van der Waals surface area contributed by atoms with Crippen molar-refractivity contribution in [1.29, 1.82) is 0 Å². The quantitative estimate of drug-likeness (QED) is 0.383. The minimum absolute atomic E-state index is 0.390. The highest BCUT2D eigenvalue weighted by Gasteiger charge is 2.44. The van der Waals surface area contributed by atoms with Gasteiger partial charge in [-0.25, -0.2) is 9.59 Å². The summed E-state index contributed by atoms with van der Waals surface area (Å²) >= 11 is 11.9. The number of aliphatic carboxylic acids is 1. The van der Waals surface area contributed by atoms with Crippen LogP contribution in [-0.2, 0) is 9.59 Å². The van der Waals surface area contributed by atoms with E-state index in [4.69, 9.17) is 27.9 Å². The Morgan fingerprint density at radius 3 is 2.03 bits per heavy atom. The third kappa shape index (κ3) is 6.55. The van der Waals surface area contributed by atoms with E-state index in [2.05, 4.69) is 16.0 Å². The van der Waals surface area contributed by atoms with Gasteiger partial charge in [0.1, 0.15) is 11.3 Å². The molecule has 0 aromatic heterocycles. The fraction of sp³-hybridized carbons (Fsp3) is 0.375. The predicted octanol–water partition coefficient (Wildman–Crippen LogP) is 5.70. The Morgan fingerprint density at radius 2 is 1.47 bits per heavy atom. The van der Waals surface area contributed by atoms with Crippen molar-refractivity contribution in [3.05, 3.63) is 52.5 Å². The second-order valence-corrected chi connectivity index (χ2v) is 9.65. The first kappa shape index (κ1) is 25.6. The molecule has 34 heavy (non-hydrogen) atoms. The van der Waals surface area contributed by atoms with Crippen LogP contribution in [0.4, 0.5) is 16.2 Å². The second-order valence-electron chi connectivity index (χ2n) is 8.78. The van der Waals surface area contributed by atoms with E-state index >= 15 is 0 Å². The van der Waals surface area contributed by atoms with Crippen molar-refractivity contribution in [1.82, 2.24) is 5.32 Å². The fourth-order valence-electron chi connectivity index (χ4n) is 3.78. The van der Waals surface area contributed by atoms with Gasteiger partial charge in [0.15, 0.2) is 5.60 Å². The van der Waals surface area contributed by atoms with Crippen LogP contribution in [-0.4, -0.2) is 34.2 Å². The van der Waals surface area contributed by atoms with Gasteiger partial charge in [-0.2, -0.15) is 0 Å². The van der Waals surface area contributed by atoms with Crippen molar-refractivity contribution >= 4 is 52.5 Å². The number of halogens is 2. The monoisotopic (exact) mass is 507 g/mol. The third-order valence-electron chi connectivity index (χ3n) is 5.62. The molecule has 0 spiro atoms. The number of carboxylic acid groups (broad SMARTS) is 1. The number of benzene rings is 2. The first-order valence-electron chi connectivity index (χ1n) is 10.9. The van der Waals surface area contributed by atoms with Crippen LogP contribution in [0, 0.1) is 0 Å². The zero-order valence-corrected chi connectivity index (χ0v) is 20.4. The number of ether oxygens (including phenoxy) is 1. The Balaban J connectivity index is 1.59. The van der Waals surface area contributed by atoms with Crippen molar-refractivity contribution in [3.63, 3.8) is 0 Å². The molecule has 10 heteroatoms. The highest BCUT2D eigenvalue weighted by atomic mass is 35.5. The molecule has 8 nitrogen and oxygen atoms in total. The highest BCUT2D eigenvalue weighted by Crippen LogP contribution is 2.30. The molecular weight excluding hydrogens is 481 g/mol. The number of anilines is 2. The summed E-state index contributed by atoms with van der Waals surface area (Å²) in [7, 11) is 0. The number of carbonyl (C=O) groups is 3. The lowest BCUT2D eigenvalue weighted by Crippen LogP contribution is -2.60. The van der Waals surface area contributed by atoms with Gasteiger partial charge in [-0.3, -0.25) is 4.79 Å². The summed E-state index contributed by atoms with van der Waals surface area (Å²) in [5.41, 5.74) is -1.63. The molecule has 1 aliphatic rings. The van der Waals surface area contributed by atoms with Crippen molar-refractivity contribution < 1.29 is 24.2 Å². The Bertz CT molecular complexity index is 1050. The number of carboxylic acids is 1. The largest absolute Gasteiger partial charge is 0.480 e. The lowest BCUT2D eigenvalue weighted by atomic mass is 9.81. The number of rotatable bonds is 7. The summed E-state index contributed by atoms with van der Waals surface area (Å²) in [5.74, 6) is -1.13. The molecule has 3 rings (SSSR count). The van der Waals surface area contributed by atoms with E-state index in [1.807, 2.05) is 0 Å². The molecular formula is C24H27Cl2N3O5. The maximum absolute atomic E-state index is 12.9. The van der Waals surface area contributed by atoms with E-state index in [-0.39, 0.29) is 0 Å². The average Bonchev–Trinajstić information content (AvgIpc) is 2.74. The minimum Gasteiger partial charge on any atom is -0.480 e. The zero-order valence-electron chi connectivity index (χ0n) is 18.9. The van der Waals surface area contributed by atoms with E-state index in [9.17, 15) is 19.5 Å². The second kappa shape index (κ2) is 10.5. The first-order valence-corrected chi connectivity index (χ1v) is 11.6. The molecule has 2 aromatic carbocycles. The lowest BCUT2D eigenvalue weighted by Gasteiger charge is -2.37. The van der Waals surface area contributed by atoms with Crippen LogP contribution in [0.2, 0.25) is 10.0 Å². The summed E-state index contributed by atoms with van der Waals surface area (Å²) in [5, 5.41) is 18.5. The van der Waals surface area contributed by atoms with Crippen LogP contribution in [0.25, 0.3) is 0 Å². The molecule has 0 unspecified atom stereocenters. The molecule has 3 amide bonds. The normalized spacial score (nSPS) is 15.2. The molecule has 4 N–H and O–H groups in total. The molecule has 182 valence electrons. The van der Waals surface area contributed by atoms with Crippen LogP contribution in [0.1, 0.15) is 46.0 Å². The first-order chi connectivity index (χ1) is 16.0. The Hall–Kier alpha value is -2.97. The van der Waals surface area contributed by atoms with E-state index in [1.165, 1.54) is 0 Å². The van der Waals surface area contributed by atoms with Gasteiger partial charge in [0.25, 0.3) is 5.91 Å². The molecule has 0 aliphatic heterocycles. The molecule has 0 atom stereocenters. The van der Waals surface area contributed by atoms with Crippen molar-refractivity contribution in [3.8, 4) is 5.75 Å². The molecule has 0 heterocycles. The molecule has 0 saturated heterocycles. The predicted molar refractivity (Wildman–Crippen MR) is 132 cm³/mol. The minimum atomic E-state index is -1.31. The maximum Gasteiger partial charge on any atom is 0.329 e. The summed E-state index contributed by atoms with van der Waals surface area (Å²) in [4.78, 5) is 37.0. The number of carbonyl (C=O) groups excluding carboxylic acids is 2. The number of hydrogen-bond acceptors (Lipinski definition) is 4. The van der Waals surface area contributed by atoms with Gasteiger partial charge >= 0.3 is 12.0 Å². The molecule has 1 aliphatic carbocycles. The standard InChI is InChI=1S/C24H27Cl2N3O5/c1-23(2,20(30)29-24(21(31)32)10-4-3-5-11-24)34-19-8-6-17(7-9-19)27-22(33)28-18-13-15(25)12-16(26)14-18/h6-9,12-14H,3-5,10-11H2,1-2H3,(H,29,30)(H,31,32)(H2,27,28,33). The number of nitrogens with one attached hydrogen (secondary N) is 3. The third-order valence-corrected chi connectivity index (χ3v) is 6.06. The van der Waals surface area contributed by atoms with Gasteiger partial charge in [0.2, 0.25) is 0 Å². The van der Waals surface area contributed by atoms with Crippen molar-refractivity contribution in [2.24, 2.45) is 0 Å². The van der Waals surface area contributed by atoms with Crippen LogP contribution < -0.4 is 20.7 Å². The number of amides is 3. The average molecular weight is 508 g/mol. The van der Waals surface area contributed by atoms with Gasteiger partial charge in [0, 0.05) is 21.4 Å². The van der Waals surface area contributed by atoms with E-state index in [0.29, 0.717) is 40.0 Å². The van der Waals surface area contributed by atoms with Gasteiger partial charge in [-0.15, -0.1) is 0 Å². The topological polar surface area (TPSA) is 117 Å². The van der Waals surface area contributed by atoms with Crippen molar-refractivity contribution in [2.75, 3.05) is 10.6 Å². The van der Waals surface area contributed by atoms with E-state index in [0.717, 1.165) is 19.3 Å². The fourth-order valence-corrected chi connectivity index (χ4v) is 4.31. The SMILES string of the molecule is CC(C)(Oc1ccc(NC(=O)Nc2cc(Cl)cc(Cl)c2)cc1)C(=O)NC1(C(=O)O)CCCCC1. The van der Waals surface area contributed by atoms with Crippen LogP contribution in [0.5, 0.6) is 5.75 Å². The van der Waals surface area contributed by atoms with Gasteiger partial charge in [-0.1, -0.05) is 42.5 Å². The maximum atomic E-state index is 12.9. The molecule has 2 aromatic rings.